The summed E-state index contributed by atoms with van der Waals surface area (Å²) < 4.78 is 0. The van der Waals surface area contributed by atoms with Crippen LogP contribution in [0.3, 0.4) is 0 Å². The Labute approximate surface area is 168 Å². The van der Waals surface area contributed by atoms with E-state index in [1.54, 1.807) is 0 Å². The average Bonchev–Trinajstić information content (AvgIpc) is 2.73. The molecule has 2 fully saturated rings. The number of aromatic nitrogens is 1. The van der Waals surface area contributed by atoms with E-state index in [2.05, 4.69) is 32.2 Å². The molecule has 0 amide bonds. The van der Waals surface area contributed by atoms with Crippen molar-refractivity contribution in [3.8, 4) is 0 Å². The molecule has 1 heterocycles. The van der Waals surface area contributed by atoms with Crippen LogP contribution in [0.2, 0.25) is 0 Å². The van der Waals surface area contributed by atoms with Crippen LogP contribution in [0, 0.1) is 11.8 Å². The van der Waals surface area contributed by atoms with Gasteiger partial charge in [-0.2, -0.15) is 0 Å². The van der Waals surface area contributed by atoms with Gasteiger partial charge >= 0.3 is 0 Å². The summed E-state index contributed by atoms with van der Waals surface area (Å²) in [6.07, 6.45) is 23.4. The van der Waals surface area contributed by atoms with Crippen molar-refractivity contribution in [3.63, 3.8) is 0 Å². The van der Waals surface area contributed by atoms with Crippen molar-refractivity contribution in [3.05, 3.63) is 29.6 Å². The van der Waals surface area contributed by atoms with Crippen LogP contribution in [0.15, 0.2) is 18.3 Å². The number of nitrogens with zero attached hydrogens (tertiary/aromatic N) is 1. The predicted octanol–water partition coefficient (Wildman–Crippen LogP) is 8.40. The Hall–Kier alpha value is -0.850. The van der Waals surface area contributed by atoms with Gasteiger partial charge in [-0.05, 0) is 80.8 Å². The molecule has 1 aromatic rings. The highest BCUT2D eigenvalue weighted by molar-refractivity contribution is 5.21. The highest BCUT2D eigenvalue weighted by Gasteiger charge is 2.25. The lowest BCUT2D eigenvalue weighted by Gasteiger charge is -2.30. The fourth-order valence-corrected chi connectivity index (χ4v) is 5.61. The third kappa shape index (κ3) is 6.33. The predicted molar refractivity (Wildman–Crippen MR) is 117 cm³/mol. The lowest BCUT2D eigenvalue weighted by molar-refractivity contribution is 0.299. The van der Waals surface area contributed by atoms with Gasteiger partial charge in [0.15, 0.2) is 0 Å². The number of unbranched alkanes of at least 4 members (excludes halogenated alkanes) is 3. The van der Waals surface area contributed by atoms with E-state index in [0.717, 1.165) is 23.7 Å². The van der Waals surface area contributed by atoms with Crippen LogP contribution in [0.5, 0.6) is 0 Å². The lowest BCUT2D eigenvalue weighted by atomic mass is 9.76. The van der Waals surface area contributed by atoms with Crippen molar-refractivity contribution >= 4 is 0 Å². The second-order valence-electron chi connectivity index (χ2n) is 9.59. The Morgan fingerprint density at radius 2 is 1.30 bits per heavy atom. The van der Waals surface area contributed by atoms with Crippen LogP contribution >= 0.6 is 0 Å². The van der Waals surface area contributed by atoms with E-state index in [9.17, 15) is 0 Å². The molecule has 0 N–H and O–H groups in total. The number of rotatable bonds is 9. The fraction of sp³-hybridized carbons (Fsp3) is 0.808. The molecule has 27 heavy (non-hydrogen) atoms. The van der Waals surface area contributed by atoms with Gasteiger partial charge in [0, 0.05) is 17.8 Å². The van der Waals surface area contributed by atoms with E-state index in [0.29, 0.717) is 0 Å². The summed E-state index contributed by atoms with van der Waals surface area (Å²) >= 11 is 0. The molecular weight excluding hydrogens is 326 g/mol. The van der Waals surface area contributed by atoms with Gasteiger partial charge in [-0.3, -0.25) is 4.98 Å². The zero-order chi connectivity index (χ0) is 18.9. The molecule has 152 valence electrons. The molecule has 1 heteroatoms. The molecule has 1 nitrogen and oxygen atoms in total. The molecule has 0 spiro atoms. The van der Waals surface area contributed by atoms with Crippen molar-refractivity contribution in [2.45, 2.75) is 122 Å². The van der Waals surface area contributed by atoms with E-state index < -0.39 is 0 Å². The maximum absolute atomic E-state index is 4.94. The Bertz CT molecular complexity index is 504. The van der Waals surface area contributed by atoms with E-state index in [1.807, 2.05) is 0 Å². The molecule has 1 aromatic heterocycles. The molecule has 2 aliphatic carbocycles. The topological polar surface area (TPSA) is 12.9 Å². The SMILES string of the molecule is CCCCCC1CCC(c2ccc(C3CCC(CCCC)CC3)nc2)CC1. The summed E-state index contributed by atoms with van der Waals surface area (Å²) in [5.41, 5.74) is 2.89. The van der Waals surface area contributed by atoms with Crippen LogP contribution in [-0.4, -0.2) is 4.98 Å². The molecule has 0 unspecified atom stereocenters. The molecule has 0 aliphatic heterocycles. The first-order valence-electron chi connectivity index (χ1n) is 12.3. The van der Waals surface area contributed by atoms with Crippen molar-refractivity contribution in [2.75, 3.05) is 0 Å². The lowest BCUT2D eigenvalue weighted by Crippen LogP contribution is -2.15. The largest absolute Gasteiger partial charge is 0.261 e. The van der Waals surface area contributed by atoms with Gasteiger partial charge < -0.3 is 0 Å². The van der Waals surface area contributed by atoms with Gasteiger partial charge in [-0.1, -0.05) is 64.9 Å². The average molecular weight is 370 g/mol. The maximum atomic E-state index is 4.94. The third-order valence-corrected chi connectivity index (χ3v) is 7.57. The van der Waals surface area contributed by atoms with Crippen LogP contribution < -0.4 is 0 Å². The second kappa shape index (κ2) is 11.2. The highest BCUT2D eigenvalue weighted by atomic mass is 14.7. The molecule has 0 atom stereocenters. The third-order valence-electron chi connectivity index (χ3n) is 7.57. The Morgan fingerprint density at radius 3 is 1.85 bits per heavy atom. The van der Waals surface area contributed by atoms with E-state index in [-0.39, 0.29) is 0 Å². The Kier molecular flexibility index (Phi) is 8.68. The smallest absolute Gasteiger partial charge is 0.0434 e. The molecule has 2 aliphatic rings. The first-order valence-corrected chi connectivity index (χ1v) is 12.3. The zero-order valence-corrected chi connectivity index (χ0v) is 18.1. The molecule has 0 saturated heterocycles. The zero-order valence-electron chi connectivity index (χ0n) is 18.1. The summed E-state index contributed by atoms with van der Waals surface area (Å²) in [7, 11) is 0. The van der Waals surface area contributed by atoms with E-state index in [4.69, 9.17) is 4.98 Å². The monoisotopic (exact) mass is 369 g/mol. The normalized spacial score (nSPS) is 29.0. The molecule has 2 saturated carbocycles. The van der Waals surface area contributed by atoms with Crippen LogP contribution in [-0.2, 0) is 0 Å². The van der Waals surface area contributed by atoms with Crippen LogP contribution in [0.4, 0.5) is 0 Å². The first-order chi connectivity index (χ1) is 13.3. The number of hydrogen-bond donors (Lipinski definition) is 0. The molecule has 0 aromatic carbocycles. The minimum absolute atomic E-state index is 0.728. The number of pyridine rings is 1. The van der Waals surface area contributed by atoms with Crippen LogP contribution in [0.25, 0.3) is 0 Å². The molecule has 0 radical (unpaired) electrons. The van der Waals surface area contributed by atoms with E-state index in [1.165, 1.54) is 108 Å². The quantitative estimate of drug-likeness (QED) is 0.398. The van der Waals surface area contributed by atoms with Crippen molar-refractivity contribution in [1.82, 2.24) is 4.98 Å². The molecular formula is C26H43N. The fourth-order valence-electron chi connectivity index (χ4n) is 5.61. The van der Waals surface area contributed by atoms with Gasteiger partial charge in [0.25, 0.3) is 0 Å². The molecule has 0 bridgehead atoms. The summed E-state index contributed by atoms with van der Waals surface area (Å²) in [6.45, 7) is 4.63. The summed E-state index contributed by atoms with van der Waals surface area (Å²) in [5.74, 6) is 3.50. The van der Waals surface area contributed by atoms with Gasteiger partial charge in [0.2, 0.25) is 0 Å². The van der Waals surface area contributed by atoms with Crippen molar-refractivity contribution < 1.29 is 0 Å². The van der Waals surface area contributed by atoms with E-state index >= 15 is 0 Å². The minimum atomic E-state index is 0.728. The summed E-state index contributed by atoms with van der Waals surface area (Å²) in [4.78, 5) is 4.94. The summed E-state index contributed by atoms with van der Waals surface area (Å²) in [6, 6.07) is 4.80. The minimum Gasteiger partial charge on any atom is -0.261 e. The number of hydrogen-bond acceptors (Lipinski definition) is 1. The Balaban J connectivity index is 1.43. The van der Waals surface area contributed by atoms with Crippen molar-refractivity contribution in [1.29, 1.82) is 0 Å². The maximum Gasteiger partial charge on any atom is 0.0434 e. The van der Waals surface area contributed by atoms with Gasteiger partial charge in [0.1, 0.15) is 0 Å². The van der Waals surface area contributed by atoms with Gasteiger partial charge in [-0.15, -0.1) is 0 Å². The summed E-state index contributed by atoms with van der Waals surface area (Å²) in [5, 5.41) is 0. The first kappa shape index (κ1) is 20.9. The second-order valence-corrected chi connectivity index (χ2v) is 9.59. The van der Waals surface area contributed by atoms with Gasteiger partial charge in [0.05, 0.1) is 0 Å². The van der Waals surface area contributed by atoms with Crippen molar-refractivity contribution in [2.24, 2.45) is 11.8 Å². The highest BCUT2D eigenvalue weighted by Crippen LogP contribution is 2.39. The standard InChI is InChI=1S/C26H43N/c1-3-5-7-9-22-10-14-23(15-11-22)25-18-19-26(27-20-25)24-16-12-21(13-17-24)8-6-4-2/h18-24H,3-17H2,1-2H3. The molecule has 3 rings (SSSR count). The van der Waals surface area contributed by atoms with Gasteiger partial charge in [-0.25, -0.2) is 0 Å². The van der Waals surface area contributed by atoms with Crippen LogP contribution in [0.1, 0.15) is 133 Å². The Morgan fingerprint density at radius 1 is 0.704 bits per heavy atom.